The predicted molar refractivity (Wildman–Crippen MR) is 55.0 cm³/mol. The van der Waals surface area contributed by atoms with Crippen molar-refractivity contribution in [2.45, 2.75) is 19.4 Å². The number of hydrogen-bond acceptors (Lipinski definition) is 4. The third-order valence-electron chi connectivity index (χ3n) is 2.08. The third-order valence-corrected chi connectivity index (χ3v) is 2.08. The predicted octanol–water partition coefficient (Wildman–Crippen LogP) is 0.883. The zero-order valence-electron chi connectivity index (χ0n) is 9.32. The highest BCUT2D eigenvalue weighted by molar-refractivity contribution is 4.86. The second-order valence-electron chi connectivity index (χ2n) is 3.24. The fraction of sp³-hybridized carbons (Fsp3) is 0.900. The van der Waals surface area contributed by atoms with Gasteiger partial charge in [0.2, 0.25) is 0 Å². The van der Waals surface area contributed by atoms with Gasteiger partial charge in [0.25, 0.3) is 0 Å². The molecule has 0 fully saturated rings. The van der Waals surface area contributed by atoms with Crippen molar-refractivity contribution >= 4 is 0 Å². The number of hydrogen-bond donors (Lipinski definition) is 0. The van der Waals surface area contributed by atoms with Gasteiger partial charge in [-0.1, -0.05) is 0 Å². The highest BCUT2D eigenvalue weighted by atomic mass is 16.5. The first kappa shape index (κ1) is 13.4. The minimum Gasteiger partial charge on any atom is -0.382 e. The Hall–Kier alpha value is -0.630. The Morgan fingerprint density at radius 1 is 1.36 bits per heavy atom. The average molecular weight is 200 g/mol. The van der Waals surface area contributed by atoms with Crippen LogP contribution in [0.1, 0.15) is 13.3 Å². The fourth-order valence-corrected chi connectivity index (χ4v) is 0.953. The molecule has 0 aromatic heterocycles. The summed E-state index contributed by atoms with van der Waals surface area (Å²) in [5, 5.41) is 8.64. The van der Waals surface area contributed by atoms with Crippen LogP contribution in [0.4, 0.5) is 0 Å². The molecular weight excluding hydrogens is 180 g/mol. The van der Waals surface area contributed by atoms with Crippen LogP contribution in [-0.2, 0) is 9.47 Å². The van der Waals surface area contributed by atoms with E-state index in [1.807, 2.05) is 18.9 Å². The van der Waals surface area contributed by atoms with Gasteiger partial charge in [-0.15, -0.1) is 0 Å². The first-order valence-electron chi connectivity index (χ1n) is 4.89. The minimum absolute atomic E-state index is 0.0195. The molecule has 0 heterocycles. The van der Waals surface area contributed by atoms with E-state index >= 15 is 0 Å². The summed E-state index contributed by atoms with van der Waals surface area (Å²) in [7, 11) is 3.61. The van der Waals surface area contributed by atoms with E-state index in [9.17, 15) is 0 Å². The van der Waals surface area contributed by atoms with Crippen LogP contribution >= 0.6 is 0 Å². The summed E-state index contributed by atoms with van der Waals surface area (Å²) < 4.78 is 10.1. The molecule has 0 aromatic carbocycles. The largest absolute Gasteiger partial charge is 0.382 e. The summed E-state index contributed by atoms with van der Waals surface area (Å²) in [6.45, 7) is 4.80. The van der Waals surface area contributed by atoms with Crippen molar-refractivity contribution in [3.8, 4) is 6.07 Å². The monoisotopic (exact) mass is 200 g/mol. The molecular formula is C10H20N2O2. The summed E-state index contributed by atoms with van der Waals surface area (Å²) in [6.07, 6.45) is 0.951. The molecule has 0 aromatic rings. The molecule has 0 aliphatic carbocycles. The van der Waals surface area contributed by atoms with Crippen molar-refractivity contribution in [1.29, 1.82) is 5.26 Å². The van der Waals surface area contributed by atoms with E-state index in [0.29, 0.717) is 13.2 Å². The molecule has 0 radical (unpaired) electrons. The molecule has 0 saturated heterocycles. The van der Waals surface area contributed by atoms with Gasteiger partial charge in [0, 0.05) is 20.3 Å². The first-order valence-corrected chi connectivity index (χ1v) is 4.89. The number of rotatable bonds is 8. The second kappa shape index (κ2) is 8.95. The highest BCUT2D eigenvalue weighted by Crippen LogP contribution is 1.95. The molecule has 1 unspecified atom stereocenters. The molecule has 0 aliphatic rings. The first-order chi connectivity index (χ1) is 6.72. The van der Waals surface area contributed by atoms with Crippen molar-refractivity contribution in [2.75, 3.05) is 40.5 Å². The molecule has 82 valence electrons. The Morgan fingerprint density at radius 2 is 2.07 bits per heavy atom. The zero-order valence-corrected chi connectivity index (χ0v) is 9.32. The number of methoxy groups -OCH3 is 1. The van der Waals surface area contributed by atoms with Gasteiger partial charge in [0.1, 0.15) is 0 Å². The van der Waals surface area contributed by atoms with Crippen LogP contribution in [0.5, 0.6) is 0 Å². The molecule has 14 heavy (non-hydrogen) atoms. The Morgan fingerprint density at radius 3 is 2.64 bits per heavy atom. The van der Waals surface area contributed by atoms with E-state index < -0.39 is 0 Å². The van der Waals surface area contributed by atoms with Crippen molar-refractivity contribution < 1.29 is 9.47 Å². The number of nitrogens with zero attached hydrogens (tertiary/aromatic N) is 2. The van der Waals surface area contributed by atoms with Crippen molar-refractivity contribution in [3.05, 3.63) is 0 Å². The standard InChI is InChI=1S/C10H20N2O2/c1-10(9-11)12(2)5-4-6-14-8-7-13-3/h10H,4-8H2,1-3H3. The SMILES string of the molecule is COCCOCCCN(C)C(C)C#N. The van der Waals surface area contributed by atoms with E-state index in [-0.39, 0.29) is 6.04 Å². The van der Waals surface area contributed by atoms with E-state index in [1.165, 1.54) is 0 Å². The summed E-state index contributed by atoms with van der Waals surface area (Å²) in [4.78, 5) is 2.01. The van der Waals surface area contributed by atoms with Crippen molar-refractivity contribution in [1.82, 2.24) is 4.90 Å². The molecule has 1 atom stereocenters. The van der Waals surface area contributed by atoms with Crippen molar-refractivity contribution in [2.24, 2.45) is 0 Å². The summed E-state index contributed by atoms with van der Waals surface area (Å²) in [5.74, 6) is 0. The second-order valence-corrected chi connectivity index (χ2v) is 3.24. The Labute approximate surface area is 86.4 Å². The maximum absolute atomic E-state index is 8.64. The van der Waals surface area contributed by atoms with Crippen LogP contribution in [0.25, 0.3) is 0 Å². The van der Waals surface area contributed by atoms with Crippen LogP contribution < -0.4 is 0 Å². The van der Waals surface area contributed by atoms with Gasteiger partial charge < -0.3 is 9.47 Å². The lowest BCUT2D eigenvalue weighted by atomic mass is 10.3. The number of ether oxygens (including phenoxy) is 2. The number of nitriles is 1. The van der Waals surface area contributed by atoms with E-state index in [2.05, 4.69) is 6.07 Å². The molecule has 0 N–H and O–H groups in total. The summed E-state index contributed by atoms with van der Waals surface area (Å²) in [5.41, 5.74) is 0. The molecule has 0 aliphatic heterocycles. The molecule has 0 spiro atoms. The van der Waals surface area contributed by atoms with Gasteiger partial charge >= 0.3 is 0 Å². The lowest BCUT2D eigenvalue weighted by Gasteiger charge is -2.18. The van der Waals surface area contributed by atoms with Crippen LogP contribution in [-0.4, -0.2) is 51.5 Å². The normalized spacial score (nSPS) is 12.8. The Bertz CT molecular complexity index is 168. The van der Waals surface area contributed by atoms with E-state index in [1.54, 1.807) is 7.11 Å². The molecule has 0 saturated carbocycles. The van der Waals surface area contributed by atoms with Gasteiger partial charge in [-0.2, -0.15) is 5.26 Å². The fourth-order valence-electron chi connectivity index (χ4n) is 0.953. The molecule has 4 nitrogen and oxygen atoms in total. The molecule has 0 rings (SSSR count). The minimum atomic E-state index is -0.0195. The average Bonchev–Trinajstić information content (AvgIpc) is 2.21. The Balaban J connectivity index is 3.24. The zero-order chi connectivity index (χ0) is 10.8. The van der Waals surface area contributed by atoms with E-state index in [4.69, 9.17) is 14.7 Å². The van der Waals surface area contributed by atoms with Gasteiger partial charge in [0.05, 0.1) is 25.3 Å². The van der Waals surface area contributed by atoms with Gasteiger partial charge in [0.15, 0.2) is 0 Å². The van der Waals surface area contributed by atoms with Crippen LogP contribution in [0.3, 0.4) is 0 Å². The molecule has 0 bridgehead atoms. The van der Waals surface area contributed by atoms with Gasteiger partial charge in [-0.3, -0.25) is 4.90 Å². The van der Waals surface area contributed by atoms with Gasteiger partial charge in [-0.05, 0) is 20.4 Å². The van der Waals surface area contributed by atoms with E-state index in [0.717, 1.165) is 19.6 Å². The lowest BCUT2D eigenvalue weighted by Crippen LogP contribution is -2.29. The maximum Gasteiger partial charge on any atom is 0.0946 e. The highest BCUT2D eigenvalue weighted by Gasteiger charge is 2.05. The Kier molecular flexibility index (Phi) is 8.54. The van der Waals surface area contributed by atoms with Crippen LogP contribution in [0.2, 0.25) is 0 Å². The van der Waals surface area contributed by atoms with Gasteiger partial charge in [-0.25, -0.2) is 0 Å². The van der Waals surface area contributed by atoms with Crippen LogP contribution in [0, 0.1) is 11.3 Å². The topological polar surface area (TPSA) is 45.5 Å². The molecule has 0 amide bonds. The quantitative estimate of drug-likeness (QED) is 0.546. The molecule has 4 heteroatoms. The summed E-state index contributed by atoms with van der Waals surface area (Å²) in [6, 6.07) is 2.17. The summed E-state index contributed by atoms with van der Waals surface area (Å²) >= 11 is 0. The van der Waals surface area contributed by atoms with Crippen LogP contribution in [0.15, 0.2) is 0 Å². The maximum atomic E-state index is 8.64. The third kappa shape index (κ3) is 6.84. The smallest absolute Gasteiger partial charge is 0.0946 e. The lowest BCUT2D eigenvalue weighted by molar-refractivity contribution is 0.0657. The van der Waals surface area contributed by atoms with Crippen molar-refractivity contribution in [3.63, 3.8) is 0 Å².